The van der Waals surface area contributed by atoms with Gasteiger partial charge in [-0.15, -0.1) is 11.3 Å². The summed E-state index contributed by atoms with van der Waals surface area (Å²) >= 11 is 1.51. The van der Waals surface area contributed by atoms with Crippen molar-refractivity contribution in [3.63, 3.8) is 0 Å². The van der Waals surface area contributed by atoms with E-state index in [1.807, 2.05) is 48.5 Å². The maximum atomic E-state index is 12.7. The molecule has 0 spiro atoms. The Morgan fingerprint density at radius 2 is 1.43 bits per heavy atom. The number of hydrogen-bond donors (Lipinski definition) is 0. The second-order valence-corrected chi connectivity index (χ2v) is 11.1. The number of benzene rings is 2. The minimum absolute atomic E-state index is 0.365. The lowest BCUT2D eigenvalue weighted by Crippen LogP contribution is -2.03. The molecule has 0 bridgehead atoms. The van der Waals surface area contributed by atoms with Crippen molar-refractivity contribution in [1.82, 2.24) is 4.98 Å². The zero-order valence-corrected chi connectivity index (χ0v) is 23.1. The molecule has 198 valence electrons. The normalized spacial score (nSPS) is 11.5. The van der Waals surface area contributed by atoms with Crippen LogP contribution >= 0.6 is 11.3 Å². The van der Waals surface area contributed by atoms with E-state index >= 15 is 0 Å². The fourth-order valence-corrected chi connectivity index (χ4v) is 5.77. The Labute approximate surface area is 225 Å². The molecule has 0 aliphatic carbocycles. The van der Waals surface area contributed by atoms with Gasteiger partial charge >= 0.3 is 5.63 Å². The molecule has 0 amide bonds. The van der Waals surface area contributed by atoms with Crippen molar-refractivity contribution in [2.24, 2.45) is 0 Å². The molecule has 37 heavy (non-hydrogen) atoms. The molecule has 4 aromatic rings. The first-order valence-corrected chi connectivity index (χ1v) is 15.1. The Morgan fingerprint density at radius 1 is 0.784 bits per heavy atom. The van der Waals surface area contributed by atoms with Gasteiger partial charge in [-0.2, -0.15) is 0 Å². The topological polar surface area (TPSA) is 52.3 Å². The molecule has 5 heteroatoms. The van der Waals surface area contributed by atoms with E-state index in [0.29, 0.717) is 22.8 Å². The molecule has 0 N–H and O–H groups in total. The van der Waals surface area contributed by atoms with Crippen molar-refractivity contribution in [3.8, 4) is 16.3 Å². The highest BCUT2D eigenvalue weighted by atomic mass is 32.1. The number of nitrogens with zero attached hydrogens (tertiary/aromatic N) is 1. The van der Waals surface area contributed by atoms with Crippen molar-refractivity contribution in [2.75, 3.05) is 6.61 Å². The molecule has 4 rings (SSSR count). The summed E-state index contributed by atoms with van der Waals surface area (Å²) in [5, 5.41) is 1.56. The van der Waals surface area contributed by atoms with Crippen LogP contribution < -0.4 is 10.4 Å². The lowest BCUT2D eigenvalue weighted by molar-refractivity contribution is 0.304. The van der Waals surface area contributed by atoms with E-state index in [1.54, 1.807) is 0 Å². The Balaban J connectivity index is 1.13. The molecule has 2 heterocycles. The molecule has 0 fully saturated rings. The zero-order chi connectivity index (χ0) is 25.7. The highest BCUT2D eigenvalue weighted by molar-refractivity contribution is 7.21. The van der Waals surface area contributed by atoms with Crippen LogP contribution in [0.15, 0.2) is 57.7 Å². The maximum Gasteiger partial charge on any atom is 0.346 e. The van der Waals surface area contributed by atoms with Crippen LogP contribution in [0.25, 0.3) is 31.8 Å². The van der Waals surface area contributed by atoms with Gasteiger partial charge < -0.3 is 9.15 Å². The lowest BCUT2D eigenvalue weighted by atomic mass is 10.0. The van der Waals surface area contributed by atoms with Crippen LogP contribution in [0, 0.1) is 0 Å². The number of rotatable bonds is 17. The number of fused-ring (bicyclic) bond motifs is 2. The number of aromatic nitrogens is 1. The molecule has 0 saturated heterocycles. The third kappa shape index (κ3) is 8.43. The summed E-state index contributed by atoms with van der Waals surface area (Å²) in [6, 6.07) is 15.5. The number of hydrogen-bond acceptors (Lipinski definition) is 5. The summed E-state index contributed by atoms with van der Waals surface area (Å²) in [4.78, 5) is 17.3. The molecule has 0 radical (unpaired) electrons. The summed E-state index contributed by atoms with van der Waals surface area (Å²) in [6.45, 7) is 2.97. The van der Waals surface area contributed by atoms with E-state index in [2.05, 4.69) is 11.9 Å². The van der Waals surface area contributed by atoms with Crippen molar-refractivity contribution >= 4 is 32.5 Å². The fourth-order valence-electron chi connectivity index (χ4n) is 4.80. The van der Waals surface area contributed by atoms with E-state index in [4.69, 9.17) is 9.15 Å². The van der Waals surface area contributed by atoms with Gasteiger partial charge in [0.1, 0.15) is 16.3 Å². The monoisotopic (exact) mass is 519 g/mol. The van der Waals surface area contributed by atoms with Crippen LogP contribution in [0.5, 0.6) is 5.75 Å². The Bertz CT molecular complexity index is 1260. The average molecular weight is 520 g/mol. The molecular weight excluding hydrogens is 478 g/mol. The SMILES string of the molecule is CCCCCCCCCCCCCCCCOc1ccc2cc(-c3nc4ccccc4s3)c(=O)oc2c1. The summed E-state index contributed by atoms with van der Waals surface area (Å²) in [7, 11) is 0. The van der Waals surface area contributed by atoms with Crippen LogP contribution in [0.2, 0.25) is 0 Å². The number of para-hydroxylation sites is 1. The molecule has 2 aromatic carbocycles. The van der Waals surface area contributed by atoms with E-state index in [9.17, 15) is 4.79 Å². The Morgan fingerprint density at radius 3 is 2.11 bits per heavy atom. The summed E-state index contributed by atoms with van der Waals surface area (Å²) in [5.41, 5.74) is 1.59. The van der Waals surface area contributed by atoms with Crippen molar-refractivity contribution in [3.05, 3.63) is 59.0 Å². The quantitative estimate of drug-likeness (QED) is 0.103. The van der Waals surface area contributed by atoms with E-state index in [0.717, 1.165) is 27.8 Å². The van der Waals surface area contributed by atoms with Crippen LogP contribution in [0.4, 0.5) is 0 Å². The molecule has 0 atom stereocenters. The molecule has 0 aliphatic heterocycles. The first-order valence-electron chi connectivity index (χ1n) is 14.3. The fraction of sp³-hybridized carbons (Fsp3) is 0.500. The minimum atomic E-state index is -0.365. The van der Waals surface area contributed by atoms with E-state index in [1.165, 1.54) is 94.8 Å². The Hall–Kier alpha value is -2.66. The zero-order valence-electron chi connectivity index (χ0n) is 22.3. The predicted molar refractivity (Wildman–Crippen MR) is 157 cm³/mol. The second kappa shape index (κ2) is 14.9. The van der Waals surface area contributed by atoms with Crippen LogP contribution in [-0.2, 0) is 0 Å². The van der Waals surface area contributed by atoms with Gasteiger partial charge in [0, 0.05) is 11.5 Å². The van der Waals surface area contributed by atoms with Crippen molar-refractivity contribution < 1.29 is 9.15 Å². The predicted octanol–water partition coefficient (Wildman–Crippen LogP) is 9.93. The van der Waals surface area contributed by atoms with Gasteiger partial charge in [0.05, 0.1) is 22.4 Å². The van der Waals surface area contributed by atoms with Gasteiger partial charge in [-0.3, -0.25) is 0 Å². The van der Waals surface area contributed by atoms with Gasteiger partial charge in [-0.1, -0.05) is 103 Å². The van der Waals surface area contributed by atoms with Crippen LogP contribution in [-0.4, -0.2) is 11.6 Å². The van der Waals surface area contributed by atoms with Crippen LogP contribution in [0.3, 0.4) is 0 Å². The molecular formula is C32H41NO3S. The Kier molecular flexibility index (Phi) is 11.0. The summed E-state index contributed by atoms with van der Waals surface area (Å²) < 4.78 is 12.6. The van der Waals surface area contributed by atoms with Gasteiger partial charge in [0.25, 0.3) is 0 Å². The van der Waals surface area contributed by atoms with Gasteiger partial charge in [-0.05, 0) is 36.8 Å². The lowest BCUT2D eigenvalue weighted by Gasteiger charge is -2.07. The van der Waals surface area contributed by atoms with Crippen molar-refractivity contribution in [2.45, 2.75) is 96.8 Å². The average Bonchev–Trinajstić information content (AvgIpc) is 3.34. The van der Waals surface area contributed by atoms with Gasteiger partial charge in [-0.25, -0.2) is 9.78 Å². The van der Waals surface area contributed by atoms with Crippen LogP contribution in [0.1, 0.15) is 96.8 Å². The van der Waals surface area contributed by atoms with E-state index in [-0.39, 0.29) is 5.63 Å². The van der Waals surface area contributed by atoms with E-state index < -0.39 is 0 Å². The number of thiazole rings is 1. The first-order chi connectivity index (χ1) is 18.2. The number of unbranched alkanes of at least 4 members (excludes halogenated alkanes) is 13. The first kappa shape index (κ1) is 27.4. The van der Waals surface area contributed by atoms with Gasteiger partial charge in [0.2, 0.25) is 0 Å². The highest BCUT2D eigenvalue weighted by Crippen LogP contribution is 2.30. The second-order valence-electron chi connectivity index (χ2n) is 10.1. The third-order valence-corrected chi connectivity index (χ3v) is 8.07. The molecule has 4 nitrogen and oxygen atoms in total. The molecule has 0 saturated carbocycles. The largest absolute Gasteiger partial charge is 0.493 e. The maximum absolute atomic E-state index is 12.7. The summed E-state index contributed by atoms with van der Waals surface area (Å²) in [6.07, 6.45) is 18.8. The smallest absolute Gasteiger partial charge is 0.346 e. The molecule has 0 unspecified atom stereocenters. The molecule has 2 aromatic heterocycles. The standard InChI is InChI=1S/C32H41NO3S/c1-2-3-4-5-6-7-8-9-10-11-12-13-14-17-22-35-26-21-20-25-23-27(32(34)36-29(25)24-26)31-33-28-18-15-16-19-30(28)37-31/h15-16,18-21,23-24H,2-14,17,22H2,1H3. The van der Waals surface area contributed by atoms with Gasteiger partial charge in [0.15, 0.2) is 0 Å². The minimum Gasteiger partial charge on any atom is -0.493 e. The molecule has 0 aliphatic rings. The third-order valence-electron chi connectivity index (χ3n) is 7.00. The number of ether oxygens (including phenoxy) is 1. The summed E-state index contributed by atoms with van der Waals surface area (Å²) in [5.74, 6) is 0.748. The highest BCUT2D eigenvalue weighted by Gasteiger charge is 2.13. The van der Waals surface area contributed by atoms with Crippen molar-refractivity contribution in [1.29, 1.82) is 0 Å².